The van der Waals surface area contributed by atoms with Crippen LogP contribution in [0, 0.1) is 0 Å². The summed E-state index contributed by atoms with van der Waals surface area (Å²) in [5.74, 6) is 0. The van der Waals surface area contributed by atoms with Gasteiger partial charge in [-0.2, -0.15) is 0 Å². The number of fused-ring (bicyclic) bond motifs is 2. The lowest BCUT2D eigenvalue weighted by Gasteiger charge is -2.17. The average molecular weight is 574 g/mol. The fourth-order valence-electron chi connectivity index (χ4n) is 6.34. The summed E-state index contributed by atoms with van der Waals surface area (Å²) < 4.78 is 0. The number of rotatable bonds is 6. The Kier molecular flexibility index (Phi) is 6.90. The van der Waals surface area contributed by atoms with Gasteiger partial charge in [0.05, 0.1) is 0 Å². The van der Waals surface area contributed by atoms with E-state index in [1.54, 1.807) is 0 Å². The molecule has 0 aliphatic heterocycles. The van der Waals surface area contributed by atoms with Crippen LogP contribution in [-0.4, -0.2) is 0 Å². The molecule has 0 fully saturated rings. The van der Waals surface area contributed by atoms with Crippen molar-refractivity contribution in [2.45, 2.75) is 0 Å². The van der Waals surface area contributed by atoms with Crippen molar-refractivity contribution in [2.75, 3.05) is 5.32 Å². The van der Waals surface area contributed by atoms with Crippen LogP contribution in [0.3, 0.4) is 0 Å². The van der Waals surface area contributed by atoms with Gasteiger partial charge in [-0.1, -0.05) is 146 Å². The van der Waals surface area contributed by atoms with Gasteiger partial charge in [-0.15, -0.1) is 0 Å². The van der Waals surface area contributed by atoms with Gasteiger partial charge in [0.15, 0.2) is 0 Å². The Morgan fingerprint density at radius 3 is 1.09 bits per heavy atom. The maximum Gasteiger partial charge on any atom is 0.0390 e. The van der Waals surface area contributed by atoms with Gasteiger partial charge in [0.1, 0.15) is 0 Å². The molecule has 1 nitrogen and oxygen atoms in total. The molecule has 0 aliphatic carbocycles. The number of nitrogens with one attached hydrogen (secondary N) is 1. The highest BCUT2D eigenvalue weighted by molar-refractivity contribution is 5.94. The molecule has 0 unspecified atom stereocenters. The van der Waals surface area contributed by atoms with Crippen molar-refractivity contribution in [3.8, 4) is 44.5 Å². The lowest BCUT2D eigenvalue weighted by Crippen LogP contribution is -1.95. The number of hydrogen-bond acceptors (Lipinski definition) is 1. The number of anilines is 2. The summed E-state index contributed by atoms with van der Waals surface area (Å²) in [6.45, 7) is 0. The molecule has 45 heavy (non-hydrogen) atoms. The molecular formula is C44H31N. The van der Waals surface area contributed by atoms with Crippen LogP contribution >= 0.6 is 0 Å². The first-order valence-corrected chi connectivity index (χ1v) is 15.4. The molecule has 0 heterocycles. The van der Waals surface area contributed by atoms with Crippen LogP contribution in [0.1, 0.15) is 0 Å². The van der Waals surface area contributed by atoms with Crippen molar-refractivity contribution in [1.29, 1.82) is 0 Å². The molecule has 0 amide bonds. The fraction of sp³-hybridized carbons (Fsp3) is 0. The molecule has 0 saturated heterocycles. The van der Waals surface area contributed by atoms with Crippen molar-refractivity contribution in [2.24, 2.45) is 0 Å². The maximum atomic E-state index is 3.74. The van der Waals surface area contributed by atoms with E-state index in [2.05, 4.69) is 187 Å². The molecule has 1 N–H and O–H groups in total. The van der Waals surface area contributed by atoms with Crippen LogP contribution in [0.5, 0.6) is 0 Å². The summed E-state index contributed by atoms with van der Waals surface area (Å²) >= 11 is 0. The van der Waals surface area contributed by atoms with Gasteiger partial charge in [-0.25, -0.2) is 0 Å². The van der Waals surface area contributed by atoms with Gasteiger partial charge in [0.25, 0.3) is 0 Å². The van der Waals surface area contributed by atoms with Crippen LogP contribution in [-0.2, 0) is 0 Å². The predicted molar refractivity (Wildman–Crippen MR) is 193 cm³/mol. The summed E-state index contributed by atoms with van der Waals surface area (Å²) in [6.07, 6.45) is 0. The molecule has 8 aromatic rings. The molecular weight excluding hydrogens is 542 g/mol. The van der Waals surface area contributed by atoms with Gasteiger partial charge in [0.2, 0.25) is 0 Å². The lowest BCUT2D eigenvalue weighted by molar-refractivity contribution is 1.52. The summed E-state index contributed by atoms with van der Waals surface area (Å²) in [4.78, 5) is 0. The minimum absolute atomic E-state index is 1.05. The first-order chi connectivity index (χ1) is 22.3. The van der Waals surface area contributed by atoms with Crippen molar-refractivity contribution in [3.05, 3.63) is 182 Å². The zero-order valence-corrected chi connectivity index (χ0v) is 24.8. The largest absolute Gasteiger partial charge is 0.355 e. The minimum Gasteiger partial charge on any atom is -0.355 e. The molecule has 8 rings (SSSR count). The monoisotopic (exact) mass is 573 g/mol. The molecule has 212 valence electrons. The highest BCUT2D eigenvalue weighted by atomic mass is 14.9. The quantitative estimate of drug-likeness (QED) is 0.209. The van der Waals surface area contributed by atoms with E-state index in [1.807, 2.05) is 0 Å². The first-order valence-electron chi connectivity index (χ1n) is 15.4. The van der Waals surface area contributed by atoms with Gasteiger partial charge in [-0.05, 0) is 102 Å². The second-order valence-corrected chi connectivity index (χ2v) is 11.5. The van der Waals surface area contributed by atoms with Crippen molar-refractivity contribution < 1.29 is 0 Å². The minimum atomic E-state index is 1.05. The Balaban J connectivity index is 1.21. The second kappa shape index (κ2) is 11.6. The lowest BCUT2D eigenvalue weighted by atomic mass is 9.92. The molecule has 1 heteroatoms. The highest BCUT2D eigenvalue weighted by Crippen LogP contribution is 2.39. The third-order valence-corrected chi connectivity index (χ3v) is 8.62. The molecule has 0 saturated carbocycles. The summed E-state index contributed by atoms with van der Waals surface area (Å²) in [5.41, 5.74) is 11.8. The fourth-order valence-corrected chi connectivity index (χ4v) is 6.34. The standard InChI is InChI=1S/C44H31N/c1-3-13-33(14-4-1)43-29-39(23-25-41(43)37-21-19-31-11-7-9-17-35(31)27-37)45-40-24-26-42(44(30-40)34-15-5-2-6-16-34)38-22-20-32-12-8-10-18-36(32)28-38/h1-30,45H. The molecule has 0 aliphatic rings. The maximum absolute atomic E-state index is 3.74. The van der Waals surface area contributed by atoms with Crippen LogP contribution in [0.15, 0.2) is 182 Å². The smallest absolute Gasteiger partial charge is 0.0390 e. The predicted octanol–water partition coefficient (Wildman–Crippen LogP) is 12.4. The zero-order valence-electron chi connectivity index (χ0n) is 24.8. The third-order valence-electron chi connectivity index (χ3n) is 8.62. The average Bonchev–Trinajstić information content (AvgIpc) is 3.12. The molecule has 0 spiro atoms. The molecule has 0 atom stereocenters. The van der Waals surface area contributed by atoms with Gasteiger partial charge < -0.3 is 5.32 Å². The van der Waals surface area contributed by atoms with Gasteiger partial charge in [-0.3, -0.25) is 0 Å². The van der Waals surface area contributed by atoms with E-state index in [9.17, 15) is 0 Å². The summed E-state index contributed by atoms with van der Waals surface area (Å²) in [7, 11) is 0. The SMILES string of the molecule is c1ccc(-c2cc(Nc3ccc(-c4ccc5ccccc5c4)c(-c4ccccc4)c3)ccc2-c2ccc3ccccc3c2)cc1. The summed E-state index contributed by atoms with van der Waals surface area (Å²) in [6, 6.07) is 65.3. The van der Waals surface area contributed by atoms with E-state index in [0.717, 1.165) is 11.4 Å². The first kappa shape index (κ1) is 26.7. The third kappa shape index (κ3) is 5.37. The Bertz CT molecular complexity index is 2120. The van der Waals surface area contributed by atoms with Gasteiger partial charge >= 0.3 is 0 Å². The van der Waals surface area contributed by atoms with Crippen LogP contribution in [0.4, 0.5) is 11.4 Å². The topological polar surface area (TPSA) is 12.0 Å². The van der Waals surface area contributed by atoms with E-state index in [-0.39, 0.29) is 0 Å². The Morgan fingerprint density at radius 1 is 0.244 bits per heavy atom. The van der Waals surface area contributed by atoms with E-state index in [1.165, 1.54) is 66.1 Å². The van der Waals surface area contributed by atoms with Crippen LogP contribution < -0.4 is 5.32 Å². The van der Waals surface area contributed by atoms with E-state index in [0.29, 0.717) is 0 Å². The Morgan fingerprint density at radius 2 is 0.644 bits per heavy atom. The van der Waals surface area contributed by atoms with Crippen molar-refractivity contribution in [3.63, 3.8) is 0 Å². The number of hydrogen-bond donors (Lipinski definition) is 1. The highest BCUT2D eigenvalue weighted by Gasteiger charge is 2.13. The van der Waals surface area contributed by atoms with E-state index in [4.69, 9.17) is 0 Å². The van der Waals surface area contributed by atoms with Gasteiger partial charge in [0, 0.05) is 11.4 Å². The Labute approximate surface area is 264 Å². The molecule has 8 aromatic carbocycles. The van der Waals surface area contributed by atoms with E-state index < -0.39 is 0 Å². The molecule has 0 aromatic heterocycles. The summed E-state index contributed by atoms with van der Waals surface area (Å²) in [5, 5.41) is 8.74. The Hall–Kier alpha value is -5.92. The van der Waals surface area contributed by atoms with Crippen molar-refractivity contribution >= 4 is 32.9 Å². The number of benzene rings is 8. The molecule has 0 radical (unpaired) electrons. The van der Waals surface area contributed by atoms with Crippen LogP contribution in [0.2, 0.25) is 0 Å². The second-order valence-electron chi connectivity index (χ2n) is 11.5. The molecule has 0 bridgehead atoms. The van der Waals surface area contributed by atoms with E-state index >= 15 is 0 Å². The normalized spacial score (nSPS) is 11.1. The van der Waals surface area contributed by atoms with Crippen LogP contribution in [0.25, 0.3) is 66.1 Å². The zero-order chi connectivity index (χ0) is 30.0. The van der Waals surface area contributed by atoms with Crippen molar-refractivity contribution in [1.82, 2.24) is 0 Å².